The summed E-state index contributed by atoms with van der Waals surface area (Å²) < 4.78 is 30.9. The minimum Gasteiger partial charge on any atom is -0.459 e. The second-order valence-corrected chi connectivity index (χ2v) is 8.13. The summed E-state index contributed by atoms with van der Waals surface area (Å²) in [5.74, 6) is -0.612. The van der Waals surface area contributed by atoms with Gasteiger partial charge in [0.1, 0.15) is 5.38 Å². The molecule has 1 aromatic heterocycles. The third-order valence-corrected chi connectivity index (χ3v) is 5.74. The summed E-state index contributed by atoms with van der Waals surface area (Å²) in [6, 6.07) is 3.20. The Bertz CT molecular complexity index is 667. The van der Waals surface area contributed by atoms with Gasteiger partial charge in [-0.25, -0.2) is 8.42 Å². The van der Waals surface area contributed by atoms with Gasteiger partial charge in [0, 0.05) is 32.7 Å². The van der Waals surface area contributed by atoms with Gasteiger partial charge < -0.3 is 14.6 Å². The van der Waals surface area contributed by atoms with Crippen molar-refractivity contribution in [2.75, 3.05) is 38.5 Å². The van der Waals surface area contributed by atoms with Crippen LogP contribution in [0.25, 0.3) is 0 Å². The maximum absolute atomic E-state index is 12.3. The Morgan fingerprint density at radius 3 is 2.54 bits per heavy atom. The van der Waals surface area contributed by atoms with E-state index in [1.807, 2.05) is 0 Å². The zero-order chi connectivity index (χ0) is 17.7. The van der Waals surface area contributed by atoms with Gasteiger partial charge in [0.15, 0.2) is 5.76 Å². The number of hydrogen-bond donors (Lipinski definition) is 1. The number of nitrogens with zero attached hydrogens (tertiary/aromatic N) is 2. The lowest BCUT2D eigenvalue weighted by atomic mass is 10.3. The Morgan fingerprint density at radius 2 is 2.00 bits per heavy atom. The molecule has 0 spiro atoms. The molecule has 1 aromatic rings. The zero-order valence-electron chi connectivity index (χ0n) is 13.3. The van der Waals surface area contributed by atoms with Gasteiger partial charge in [0.2, 0.25) is 15.9 Å². The lowest BCUT2D eigenvalue weighted by molar-refractivity contribution is -0.120. The Morgan fingerprint density at radius 1 is 1.33 bits per heavy atom. The molecule has 8 nitrogen and oxygen atoms in total. The van der Waals surface area contributed by atoms with Crippen LogP contribution in [0, 0.1) is 0 Å². The number of nitrogens with one attached hydrogen (secondary N) is 1. The van der Waals surface area contributed by atoms with Crippen molar-refractivity contribution in [1.29, 1.82) is 0 Å². The highest BCUT2D eigenvalue weighted by Gasteiger charge is 2.29. The molecule has 0 aliphatic carbocycles. The molecule has 24 heavy (non-hydrogen) atoms. The van der Waals surface area contributed by atoms with Crippen molar-refractivity contribution in [2.45, 2.75) is 12.3 Å². The van der Waals surface area contributed by atoms with E-state index in [1.54, 1.807) is 17.0 Å². The molecule has 0 saturated carbocycles. The molecule has 2 heterocycles. The molecule has 0 radical (unpaired) electrons. The van der Waals surface area contributed by atoms with Gasteiger partial charge in [-0.2, -0.15) is 4.31 Å². The molecular formula is C14H20ClN3O5S. The monoisotopic (exact) mass is 377 g/mol. The molecular weight excluding hydrogens is 358 g/mol. The third-order valence-electron chi connectivity index (χ3n) is 3.67. The summed E-state index contributed by atoms with van der Waals surface area (Å²) in [6.07, 6.45) is 1.42. The van der Waals surface area contributed by atoms with Crippen LogP contribution in [0.1, 0.15) is 17.5 Å². The average Bonchev–Trinajstić information content (AvgIpc) is 3.08. The fraction of sp³-hybridized carbons (Fsp3) is 0.571. The molecule has 1 aliphatic rings. The minimum absolute atomic E-state index is 0.00374. The van der Waals surface area contributed by atoms with Crippen LogP contribution < -0.4 is 5.32 Å². The Kier molecular flexibility index (Phi) is 6.25. The first kappa shape index (κ1) is 18.8. The van der Waals surface area contributed by atoms with E-state index in [-0.39, 0.29) is 37.1 Å². The van der Waals surface area contributed by atoms with Crippen LogP contribution >= 0.6 is 11.6 Å². The first-order valence-corrected chi connectivity index (χ1v) is 9.58. The molecule has 0 aromatic carbocycles. The molecule has 10 heteroatoms. The summed E-state index contributed by atoms with van der Waals surface area (Å²) in [4.78, 5) is 25.0. The molecule has 1 saturated heterocycles. The van der Waals surface area contributed by atoms with Crippen LogP contribution in [0.3, 0.4) is 0 Å². The van der Waals surface area contributed by atoms with Crippen molar-refractivity contribution in [1.82, 2.24) is 14.5 Å². The maximum Gasteiger partial charge on any atom is 0.289 e. The highest BCUT2D eigenvalue weighted by Crippen LogP contribution is 2.12. The summed E-state index contributed by atoms with van der Waals surface area (Å²) in [5, 5.41) is 1.76. The summed E-state index contributed by atoms with van der Waals surface area (Å²) in [6.45, 7) is 2.54. The van der Waals surface area contributed by atoms with E-state index in [2.05, 4.69) is 5.32 Å². The maximum atomic E-state index is 12.3. The fourth-order valence-electron chi connectivity index (χ4n) is 2.30. The predicted molar refractivity (Wildman–Crippen MR) is 88.3 cm³/mol. The molecule has 0 bridgehead atoms. The van der Waals surface area contributed by atoms with Crippen molar-refractivity contribution in [3.05, 3.63) is 24.2 Å². The number of alkyl halides is 1. The number of hydrogen-bond acceptors (Lipinski definition) is 5. The molecule has 1 unspecified atom stereocenters. The van der Waals surface area contributed by atoms with Crippen LogP contribution in [0.4, 0.5) is 0 Å². The first-order chi connectivity index (χ1) is 11.3. The average molecular weight is 378 g/mol. The Hall–Kier alpha value is -1.58. The van der Waals surface area contributed by atoms with Crippen LogP contribution in [0.2, 0.25) is 0 Å². The highest BCUT2D eigenvalue weighted by molar-refractivity contribution is 7.89. The highest BCUT2D eigenvalue weighted by atomic mass is 35.5. The number of furan rings is 1. The minimum atomic E-state index is -3.49. The normalized spacial score (nSPS) is 17.5. The predicted octanol–water partition coefficient (Wildman–Crippen LogP) is 0.111. The first-order valence-electron chi connectivity index (χ1n) is 7.53. The second kappa shape index (κ2) is 8.00. The van der Waals surface area contributed by atoms with E-state index in [0.29, 0.717) is 13.1 Å². The molecule has 1 fully saturated rings. The smallest absolute Gasteiger partial charge is 0.289 e. The molecule has 2 amide bonds. The van der Waals surface area contributed by atoms with Gasteiger partial charge in [-0.05, 0) is 19.1 Å². The van der Waals surface area contributed by atoms with Crippen molar-refractivity contribution in [3.63, 3.8) is 0 Å². The van der Waals surface area contributed by atoms with Crippen molar-refractivity contribution < 1.29 is 22.4 Å². The van der Waals surface area contributed by atoms with Gasteiger partial charge in [0.05, 0.1) is 12.0 Å². The van der Waals surface area contributed by atoms with Gasteiger partial charge >= 0.3 is 0 Å². The number of carbonyl (C=O) groups excluding carboxylic acids is 2. The standard InChI is InChI=1S/C14H20ClN3O5S/c1-11(15)13(19)16-4-10-24(21,22)18-7-5-17(6-8-18)14(20)12-3-2-9-23-12/h2-3,9,11H,4-8,10H2,1H3,(H,16,19). The molecule has 2 rings (SSSR count). The van der Waals surface area contributed by atoms with Crippen LogP contribution in [-0.4, -0.2) is 73.3 Å². The van der Waals surface area contributed by atoms with Crippen molar-refractivity contribution in [3.8, 4) is 0 Å². The van der Waals surface area contributed by atoms with Gasteiger partial charge in [-0.1, -0.05) is 0 Å². The summed E-state index contributed by atoms with van der Waals surface area (Å²) in [7, 11) is -3.49. The van der Waals surface area contributed by atoms with Crippen molar-refractivity contribution >= 4 is 33.4 Å². The van der Waals surface area contributed by atoms with E-state index in [1.165, 1.54) is 17.5 Å². The topological polar surface area (TPSA) is 99.9 Å². The lowest BCUT2D eigenvalue weighted by Gasteiger charge is -2.33. The summed E-state index contributed by atoms with van der Waals surface area (Å²) >= 11 is 5.60. The molecule has 1 N–H and O–H groups in total. The van der Waals surface area contributed by atoms with Gasteiger partial charge in [-0.3, -0.25) is 9.59 Å². The molecule has 1 aliphatic heterocycles. The van der Waals surface area contributed by atoms with E-state index >= 15 is 0 Å². The van der Waals surface area contributed by atoms with E-state index in [4.69, 9.17) is 16.0 Å². The van der Waals surface area contributed by atoms with Gasteiger partial charge in [0.25, 0.3) is 5.91 Å². The van der Waals surface area contributed by atoms with E-state index in [0.717, 1.165) is 0 Å². The van der Waals surface area contributed by atoms with Crippen LogP contribution in [-0.2, 0) is 14.8 Å². The zero-order valence-corrected chi connectivity index (χ0v) is 14.8. The number of sulfonamides is 1. The van der Waals surface area contributed by atoms with E-state index in [9.17, 15) is 18.0 Å². The largest absolute Gasteiger partial charge is 0.459 e. The number of halogens is 1. The number of piperazine rings is 1. The quantitative estimate of drug-likeness (QED) is 0.709. The lowest BCUT2D eigenvalue weighted by Crippen LogP contribution is -2.51. The fourth-order valence-corrected chi connectivity index (χ4v) is 3.71. The molecule has 134 valence electrons. The number of rotatable bonds is 6. The molecule has 1 atom stereocenters. The SMILES string of the molecule is CC(Cl)C(=O)NCCS(=O)(=O)N1CCN(C(=O)c2ccco2)CC1. The van der Waals surface area contributed by atoms with E-state index < -0.39 is 21.3 Å². The number of amides is 2. The van der Waals surface area contributed by atoms with Gasteiger partial charge in [-0.15, -0.1) is 11.6 Å². The second-order valence-electron chi connectivity index (χ2n) is 5.39. The summed E-state index contributed by atoms with van der Waals surface area (Å²) in [5.41, 5.74) is 0. The Balaban J connectivity index is 1.82. The van der Waals surface area contributed by atoms with Crippen LogP contribution in [0.5, 0.6) is 0 Å². The Labute approximate surface area is 145 Å². The number of carbonyl (C=O) groups is 2. The van der Waals surface area contributed by atoms with Crippen LogP contribution in [0.15, 0.2) is 22.8 Å². The third kappa shape index (κ3) is 4.71. The van der Waals surface area contributed by atoms with Crippen molar-refractivity contribution in [2.24, 2.45) is 0 Å².